The van der Waals surface area contributed by atoms with E-state index in [0.717, 1.165) is 16.7 Å². The van der Waals surface area contributed by atoms with E-state index in [1.807, 2.05) is 71.3 Å². The molecule has 3 heterocycles. The molecule has 1 amide bonds. The molecule has 76 heavy (non-hydrogen) atoms. The highest BCUT2D eigenvalue weighted by Crippen LogP contribution is 2.53. The summed E-state index contributed by atoms with van der Waals surface area (Å²) in [5, 5.41) is 15.8. The first-order valence-corrected chi connectivity index (χ1v) is 33.2. The van der Waals surface area contributed by atoms with Gasteiger partial charge in [0.15, 0.2) is 39.8 Å². The Bertz CT molecular complexity index is 2650. The van der Waals surface area contributed by atoms with Gasteiger partial charge in [-0.15, -0.1) is 0 Å². The number of benzene rings is 3. The molecule has 1 saturated heterocycles. The average Bonchev–Trinajstić information content (AvgIpc) is 3.94. The van der Waals surface area contributed by atoms with Crippen molar-refractivity contribution in [3.63, 3.8) is 0 Å². The predicted octanol–water partition coefficient (Wildman–Crippen LogP) is 12.2. The standard InChI is InChI=1S/C56H83N8O9PSi2/c1-38(2)64(39(3)4)74(69-34-21-32-57)72-49-48(73-76(16,17)55(9,10)11)46(36-68-56(41-22-19-18-20-23-41,42-24-28-44(66-12)29-25-42)43-26-30-45(67-13)31-27-43)71-52(49)63-37-59-47-50(61-53(60-40(5)65)62-51(47)63)58-33-35-70-75(14,15)54(6,7)8/h18-20,22-31,37-39,46,48-49,52H,21,33-36H2,1-17H3,(H2,58,60,61,62,65)/t46-,48+,49-,52-,74?/m1/s1. The molecule has 3 aromatic carbocycles. The number of ether oxygens (including phenoxy) is 4. The lowest BCUT2D eigenvalue weighted by atomic mass is 9.80. The summed E-state index contributed by atoms with van der Waals surface area (Å²) in [6.07, 6.45) is -1.55. The Morgan fingerprint density at radius 1 is 0.816 bits per heavy atom. The zero-order chi connectivity index (χ0) is 55.8. The van der Waals surface area contributed by atoms with Crippen LogP contribution < -0.4 is 20.1 Å². The van der Waals surface area contributed by atoms with Gasteiger partial charge in [0.1, 0.15) is 35.4 Å². The van der Waals surface area contributed by atoms with Crippen molar-refractivity contribution in [1.29, 1.82) is 5.26 Å². The van der Waals surface area contributed by atoms with E-state index in [4.69, 9.17) is 51.8 Å². The molecule has 1 fully saturated rings. The summed E-state index contributed by atoms with van der Waals surface area (Å²) >= 11 is 0. The van der Waals surface area contributed by atoms with E-state index in [0.29, 0.717) is 41.6 Å². The maximum atomic E-state index is 12.7. The molecule has 5 atom stereocenters. The molecule has 0 spiro atoms. The van der Waals surface area contributed by atoms with Crippen LogP contribution in [0.5, 0.6) is 11.5 Å². The Morgan fingerprint density at radius 2 is 1.38 bits per heavy atom. The number of nitriles is 1. The van der Waals surface area contributed by atoms with E-state index in [1.165, 1.54) is 6.92 Å². The van der Waals surface area contributed by atoms with Crippen LogP contribution in [0.3, 0.4) is 0 Å². The van der Waals surface area contributed by atoms with Crippen molar-refractivity contribution in [1.82, 2.24) is 24.2 Å². The molecule has 414 valence electrons. The second kappa shape index (κ2) is 25.3. The summed E-state index contributed by atoms with van der Waals surface area (Å²) in [4.78, 5) is 27.4. The number of nitrogens with zero attached hydrogens (tertiary/aromatic N) is 6. The summed E-state index contributed by atoms with van der Waals surface area (Å²) < 4.78 is 58.7. The number of hydrogen-bond donors (Lipinski definition) is 2. The van der Waals surface area contributed by atoms with Crippen molar-refractivity contribution in [3.8, 4) is 17.6 Å². The van der Waals surface area contributed by atoms with Gasteiger partial charge in [0, 0.05) is 25.6 Å². The number of carbonyl (C=O) groups is 1. The van der Waals surface area contributed by atoms with E-state index in [2.05, 4.69) is 129 Å². The molecule has 0 aliphatic carbocycles. The molecule has 2 N–H and O–H groups in total. The first-order valence-electron chi connectivity index (χ1n) is 26.2. The fourth-order valence-corrected chi connectivity index (χ4v) is 12.8. The minimum Gasteiger partial charge on any atom is -0.497 e. The van der Waals surface area contributed by atoms with Crippen molar-refractivity contribution in [2.75, 3.05) is 51.2 Å². The minimum absolute atomic E-state index is 0.00762. The Morgan fingerprint density at radius 3 is 1.89 bits per heavy atom. The Balaban J connectivity index is 1.57. The van der Waals surface area contributed by atoms with Crippen LogP contribution in [-0.2, 0) is 37.8 Å². The summed E-state index contributed by atoms with van der Waals surface area (Å²) in [5.74, 6) is 1.56. The average molecular weight is 1100 g/mol. The predicted molar refractivity (Wildman–Crippen MR) is 306 cm³/mol. The largest absolute Gasteiger partial charge is 0.497 e. The van der Waals surface area contributed by atoms with Crippen LogP contribution in [0.1, 0.15) is 106 Å². The number of nitrogens with one attached hydrogen (secondary N) is 2. The van der Waals surface area contributed by atoms with Crippen LogP contribution in [0.25, 0.3) is 11.2 Å². The van der Waals surface area contributed by atoms with Gasteiger partial charge in [-0.3, -0.25) is 14.7 Å². The Hall–Kier alpha value is -4.85. The molecule has 1 unspecified atom stereocenters. The van der Waals surface area contributed by atoms with E-state index >= 15 is 0 Å². The van der Waals surface area contributed by atoms with Crippen LogP contribution in [0.15, 0.2) is 85.2 Å². The molecule has 2 aromatic heterocycles. The zero-order valence-corrected chi connectivity index (χ0v) is 50.8. The molecular formula is C56H83N8O9PSi2. The topological polar surface area (TPSA) is 186 Å². The molecule has 0 radical (unpaired) electrons. The fraction of sp³-hybridized carbons (Fsp3) is 0.554. The normalized spacial score (nSPS) is 18.1. The first kappa shape index (κ1) is 60.4. The third kappa shape index (κ3) is 13.9. The molecule has 6 rings (SSSR count). The first-order chi connectivity index (χ1) is 35.8. The Kier molecular flexibility index (Phi) is 20.1. The lowest BCUT2D eigenvalue weighted by Crippen LogP contribution is -2.51. The smallest absolute Gasteiger partial charge is 0.259 e. The van der Waals surface area contributed by atoms with Gasteiger partial charge >= 0.3 is 0 Å². The Labute approximate surface area is 454 Å². The van der Waals surface area contributed by atoms with E-state index < -0.39 is 55.3 Å². The van der Waals surface area contributed by atoms with Crippen LogP contribution in [0, 0.1) is 11.3 Å². The second-order valence-electron chi connectivity index (χ2n) is 22.8. The molecule has 0 saturated carbocycles. The molecule has 20 heteroatoms. The number of anilines is 2. The molecule has 1 aliphatic rings. The van der Waals surface area contributed by atoms with Crippen molar-refractivity contribution in [2.24, 2.45) is 0 Å². The third-order valence-corrected chi connectivity index (χ3v) is 25.8. The fourth-order valence-electron chi connectivity index (χ4n) is 8.65. The SMILES string of the molecule is COc1ccc(C(OC[C@H]2O[C@@H](n3cnc4c(NCCO[Si](C)(C)C(C)(C)C)nc(NC(C)=O)nc43)[C@H](OP(OCCC#N)N(C(C)C)C(C)C)[C@H]2O[Si](C)(C)C(C)(C)C)(c2ccccc2)c2ccc(OC)cc2)cc1. The molecule has 17 nitrogen and oxygen atoms in total. The van der Waals surface area contributed by atoms with E-state index in [9.17, 15) is 10.1 Å². The number of carbonyl (C=O) groups excluding carboxylic acids is 1. The minimum atomic E-state index is -2.69. The van der Waals surface area contributed by atoms with Gasteiger partial charge in [0.2, 0.25) is 11.9 Å². The molecule has 1 aliphatic heterocycles. The highest BCUT2D eigenvalue weighted by atomic mass is 31.2. The zero-order valence-electron chi connectivity index (χ0n) is 47.9. The van der Waals surface area contributed by atoms with Crippen LogP contribution >= 0.6 is 8.53 Å². The summed E-state index contributed by atoms with van der Waals surface area (Å²) in [5.41, 5.74) is 2.22. The quantitative estimate of drug-likeness (QED) is 0.0243. The third-order valence-electron chi connectivity index (χ3n) is 14.7. The van der Waals surface area contributed by atoms with Gasteiger partial charge in [-0.25, -0.2) is 9.65 Å². The lowest BCUT2D eigenvalue weighted by Gasteiger charge is -2.43. The number of fused-ring (bicyclic) bond motifs is 1. The molecule has 0 bridgehead atoms. The number of amides is 1. The van der Waals surface area contributed by atoms with E-state index in [1.54, 1.807) is 20.5 Å². The van der Waals surface area contributed by atoms with Crippen molar-refractivity contribution >= 4 is 54.0 Å². The number of methoxy groups -OCH3 is 2. The van der Waals surface area contributed by atoms with Crippen LogP contribution in [0.4, 0.5) is 11.8 Å². The number of imidazole rings is 1. The second-order valence-corrected chi connectivity index (χ2v) is 33.7. The summed E-state index contributed by atoms with van der Waals surface area (Å²) in [6.45, 7) is 32.9. The van der Waals surface area contributed by atoms with Gasteiger partial charge in [-0.05, 0) is 105 Å². The number of rotatable bonds is 25. The maximum Gasteiger partial charge on any atom is 0.259 e. The van der Waals surface area contributed by atoms with E-state index in [-0.39, 0.29) is 53.7 Å². The lowest BCUT2D eigenvalue weighted by molar-refractivity contribution is -0.114. The van der Waals surface area contributed by atoms with Crippen molar-refractivity contribution in [2.45, 2.75) is 161 Å². The maximum absolute atomic E-state index is 12.7. The van der Waals surface area contributed by atoms with Crippen molar-refractivity contribution < 1.29 is 41.6 Å². The van der Waals surface area contributed by atoms with Crippen LogP contribution in [-0.4, -0.2) is 118 Å². The summed E-state index contributed by atoms with van der Waals surface area (Å²) in [7, 11) is -3.32. The van der Waals surface area contributed by atoms with Crippen molar-refractivity contribution in [3.05, 3.63) is 102 Å². The van der Waals surface area contributed by atoms with Gasteiger partial charge in [0.25, 0.3) is 8.53 Å². The molecule has 5 aromatic rings. The number of aromatic nitrogens is 4. The number of hydrogen-bond acceptors (Lipinski definition) is 15. The highest BCUT2D eigenvalue weighted by Gasteiger charge is 2.55. The van der Waals surface area contributed by atoms with Crippen LogP contribution in [0.2, 0.25) is 36.3 Å². The van der Waals surface area contributed by atoms with Gasteiger partial charge < -0.3 is 42.2 Å². The highest BCUT2D eigenvalue weighted by molar-refractivity contribution is 7.44. The van der Waals surface area contributed by atoms with Gasteiger partial charge in [-0.1, -0.05) is 96.1 Å². The molecular weight excluding hydrogens is 1020 g/mol. The van der Waals surface area contributed by atoms with Gasteiger partial charge in [0.05, 0.1) is 52.9 Å². The van der Waals surface area contributed by atoms with Gasteiger partial charge in [-0.2, -0.15) is 15.2 Å². The monoisotopic (exact) mass is 1100 g/mol. The summed E-state index contributed by atoms with van der Waals surface area (Å²) in [6, 6.07) is 28.2.